The third kappa shape index (κ3) is 9.03. The lowest BCUT2D eigenvalue weighted by Gasteiger charge is -2.15. The molecule has 4 amide bonds. The molecule has 3 rings (SSSR count). The second-order valence-corrected chi connectivity index (χ2v) is 8.70. The summed E-state index contributed by atoms with van der Waals surface area (Å²) in [5, 5.41) is 6.85. The molecule has 9 heteroatoms. The molecule has 0 aliphatic carbocycles. The molecule has 3 aromatic carbocycles. The van der Waals surface area contributed by atoms with Gasteiger partial charge in [0.1, 0.15) is 5.75 Å². The monoisotopic (exact) mass is 516 g/mol. The topological polar surface area (TPSA) is 73.9 Å². The summed E-state index contributed by atoms with van der Waals surface area (Å²) in [6, 6.07) is 19.5. The highest BCUT2D eigenvalue weighted by molar-refractivity contribution is 6.31. The van der Waals surface area contributed by atoms with Crippen molar-refractivity contribution in [3.8, 4) is 11.5 Å². The molecule has 0 unspecified atom stereocenters. The van der Waals surface area contributed by atoms with E-state index < -0.39 is 0 Å². The fourth-order valence-corrected chi connectivity index (χ4v) is 3.10. The van der Waals surface area contributed by atoms with E-state index in [0.717, 1.165) is 17.7 Å². The maximum atomic E-state index is 11.7. The molecule has 7 nitrogen and oxygen atoms in total. The Bertz CT molecular complexity index is 1140. The van der Waals surface area contributed by atoms with Crippen LogP contribution in [0.2, 0.25) is 10.0 Å². The van der Waals surface area contributed by atoms with Gasteiger partial charge in [-0.15, -0.1) is 0 Å². The van der Waals surface area contributed by atoms with Gasteiger partial charge in [-0.1, -0.05) is 48.3 Å². The first-order valence-electron chi connectivity index (χ1n) is 10.9. The normalized spacial score (nSPS) is 9.91. The number of ether oxygens (including phenoxy) is 1. The predicted octanol–water partition coefficient (Wildman–Crippen LogP) is 7.22. The second-order valence-electron chi connectivity index (χ2n) is 7.86. The summed E-state index contributed by atoms with van der Waals surface area (Å²) in [6.45, 7) is 2.04. The van der Waals surface area contributed by atoms with E-state index in [1.54, 1.807) is 70.7 Å². The number of urea groups is 2. The van der Waals surface area contributed by atoms with Gasteiger partial charge in [0.15, 0.2) is 5.75 Å². The van der Waals surface area contributed by atoms with Gasteiger partial charge in [0.2, 0.25) is 0 Å². The number of hydrogen-bond donors (Lipinski definition) is 2. The van der Waals surface area contributed by atoms with Gasteiger partial charge in [-0.2, -0.15) is 0 Å². The number of aryl methyl sites for hydroxylation is 1. The van der Waals surface area contributed by atoms with Crippen LogP contribution in [0.3, 0.4) is 0 Å². The van der Waals surface area contributed by atoms with E-state index in [1.165, 1.54) is 9.80 Å². The number of hydrogen-bond acceptors (Lipinski definition) is 3. The number of amides is 4. The summed E-state index contributed by atoms with van der Waals surface area (Å²) in [6.07, 6.45) is 0.890. The lowest BCUT2D eigenvalue weighted by molar-refractivity contribution is 0.230. The minimum Gasteiger partial charge on any atom is -0.455 e. The zero-order valence-electron chi connectivity index (χ0n) is 20.4. The molecule has 0 saturated carbocycles. The molecule has 3 aromatic rings. The molecule has 0 radical (unpaired) electrons. The third-order valence-electron chi connectivity index (χ3n) is 4.67. The maximum Gasteiger partial charge on any atom is 0.321 e. The lowest BCUT2D eigenvalue weighted by atomic mass is 10.1. The van der Waals surface area contributed by atoms with E-state index >= 15 is 0 Å². The number of carbonyl (C=O) groups is 2. The third-order valence-corrected chi connectivity index (χ3v) is 5.27. The number of halogens is 2. The van der Waals surface area contributed by atoms with Crippen molar-refractivity contribution in [2.24, 2.45) is 0 Å². The van der Waals surface area contributed by atoms with E-state index in [-0.39, 0.29) is 12.1 Å². The number of benzene rings is 3. The van der Waals surface area contributed by atoms with Crippen LogP contribution in [-0.4, -0.2) is 50.1 Å². The highest BCUT2D eigenvalue weighted by Crippen LogP contribution is 2.30. The Morgan fingerprint density at radius 2 is 1.43 bits per heavy atom. The van der Waals surface area contributed by atoms with Crippen molar-refractivity contribution in [3.63, 3.8) is 0 Å². The van der Waals surface area contributed by atoms with Crippen LogP contribution < -0.4 is 15.4 Å². The molecular formula is C26H30Cl2N4O3. The molecular weight excluding hydrogens is 487 g/mol. The van der Waals surface area contributed by atoms with Gasteiger partial charge < -0.3 is 25.2 Å². The largest absolute Gasteiger partial charge is 0.455 e. The van der Waals surface area contributed by atoms with Crippen LogP contribution in [0.25, 0.3) is 0 Å². The number of carbonyl (C=O) groups excluding carboxylic acids is 2. The summed E-state index contributed by atoms with van der Waals surface area (Å²) >= 11 is 11.9. The number of anilines is 2. The van der Waals surface area contributed by atoms with Crippen molar-refractivity contribution in [1.29, 1.82) is 0 Å². The van der Waals surface area contributed by atoms with Gasteiger partial charge in [0, 0.05) is 43.9 Å². The molecule has 0 fully saturated rings. The maximum absolute atomic E-state index is 11.7. The smallest absolute Gasteiger partial charge is 0.321 e. The molecule has 0 saturated heterocycles. The van der Waals surface area contributed by atoms with Gasteiger partial charge in [-0.3, -0.25) is 0 Å². The summed E-state index contributed by atoms with van der Waals surface area (Å²) in [7, 11) is 6.74. The van der Waals surface area contributed by atoms with Crippen LogP contribution in [0, 0.1) is 0 Å². The van der Waals surface area contributed by atoms with Crippen molar-refractivity contribution in [1.82, 2.24) is 9.80 Å². The standard InChI is InChI=1S/C15H15ClN2O2.C11H15ClN2O/c1-18(2)15(19)17-13-5-3-4-6-14(13)20-12-9-7-11(16)8-10-12;1-4-8-5-6-9(7-10(8)12)13-11(15)14(2)3/h3-10H,1-2H3,(H,17,19);5-7H,4H2,1-3H3,(H,13,15). The van der Waals surface area contributed by atoms with Gasteiger partial charge in [-0.25, -0.2) is 9.59 Å². The van der Waals surface area contributed by atoms with Crippen LogP contribution in [0.4, 0.5) is 21.0 Å². The Labute approximate surface area is 216 Å². The van der Waals surface area contributed by atoms with E-state index in [0.29, 0.717) is 27.2 Å². The van der Waals surface area contributed by atoms with Crippen LogP contribution in [-0.2, 0) is 6.42 Å². The quantitative estimate of drug-likeness (QED) is 0.375. The predicted molar refractivity (Wildman–Crippen MR) is 144 cm³/mol. The van der Waals surface area contributed by atoms with Gasteiger partial charge in [-0.05, 0) is 60.5 Å². The molecule has 35 heavy (non-hydrogen) atoms. The Kier molecular flexibility index (Phi) is 10.7. The van der Waals surface area contributed by atoms with E-state index in [2.05, 4.69) is 10.6 Å². The Balaban J connectivity index is 0.000000258. The molecule has 0 aliphatic rings. The molecule has 0 heterocycles. The van der Waals surface area contributed by atoms with Crippen LogP contribution in [0.15, 0.2) is 66.7 Å². The Morgan fingerprint density at radius 3 is 2.00 bits per heavy atom. The molecule has 0 spiro atoms. The second kappa shape index (κ2) is 13.5. The van der Waals surface area contributed by atoms with Crippen LogP contribution in [0.1, 0.15) is 12.5 Å². The van der Waals surface area contributed by atoms with E-state index in [4.69, 9.17) is 27.9 Å². The van der Waals surface area contributed by atoms with Crippen molar-refractivity contribution in [2.75, 3.05) is 38.8 Å². The van der Waals surface area contributed by atoms with Crippen LogP contribution >= 0.6 is 23.2 Å². The van der Waals surface area contributed by atoms with E-state index in [1.807, 2.05) is 31.2 Å². The fourth-order valence-electron chi connectivity index (χ4n) is 2.66. The first-order chi connectivity index (χ1) is 16.6. The summed E-state index contributed by atoms with van der Waals surface area (Å²) < 4.78 is 5.75. The first kappa shape index (κ1) is 27.8. The van der Waals surface area contributed by atoms with Crippen LogP contribution in [0.5, 0.6) is 11.5 Å². The number of nitrogens with zero attached hydrogens (tertiary/aromatic N) is 2. The fraction of sp³-hybridized carbons (Fsp3) is 0.231. The van der Waals surface area contributed by atoms with Crippen molar-refractivity contribution in [3.05, 3.63) is 82.3 Å². The number of para-hydroxylation sites is 2. The molecule has 0 aromatic heterocycles. The molecule has 0 bridgehead atoms. The summed E-state index contributed by atoms with van der Waals surface area (Å²) in [5.74, 6) is 1.23. The van der Waals surface area contributed by atoms with Crippen molar-refractivity contribution in [2.45, 2.75) is 13.3 Å². The van der Waals surface area contributed by atoms with Gasteiger partial charge in [0.05, 0.1) is 5.69 Å². The minimum absolute atomic E-state index is 0.157. The highest BCUT2D eigenvalue weighted by atomic mass is 35.5. The number of nitrogens with one attached hydrogen (secondary N) is 2. The average Bonchev–Trinajstić information content (AvgIpc) is 2.82. The molecule has 186 valence electrons. The molecule has 2 N–H and O–H groups in total. The van der Waals surface area contributed by atoms with Gasteiger partial charge >= 0.3 is 12.1 Å². The van der Waals surface area contributed by atoms with Crippen molar-refractivity contribution >= 4 is 46.6 Å². The Morgan fingerprint density at radius 1 is 0.829 bits per heavy atom. The first-order valence-corrected chi connectivity index (χ1v) is 11.6. The SMILES string of the molecule is CCc1ccc(NC(=O)N(C)C)cc1Cl.CN(C)C(=O)Nc1ccccc1Oc1ccc(Cl)cc1. The molecule has 0 atom stereocenters. The van der Waals surface area contributed by atoms with Gasteiger partial charge in [0.25, 0.3) is 0 Å². The summed E-state index contributed by atoms with van der Waals surface area (Å²) in [4.78, 5) is 26.0. The van der Waals surface area contributed by atoms with E-state index in [9.17, 15) is 9.59 Å². The number of rotatable bonds is 5. The summed E-state index contributed by atoms with van der Waals surface area (Å²) in [5.41, 5.74) is 2.41. The lowest BCUT2D eigenvalue weighted by Crippen LogP contribution is -2.27. The zero-order valence-corrected chi connectivity index (χ0v) is 21.9. The molecule has 0 aliphatic heterocycles. The average molecular weight is 517 g/mol. The minimum atomic E-state index is -0.211. The highest BCUT2D eigenvalue weighted by Gasteiger charge is 2.09. The van der Waals surface area contributed by atoms with Crippen molar-refractivity contribution < 1.29 is 14.3 Å². The Hall–Kier alpha value is -3.42. The zero-order chi connectivity index (χ0) is 26.0.